The van der Waals surface area contributed by atoms with Crippen LogP contribution in [0.1, 0.15) is 18.4 Å². The second-order valence-corrected chi connectivity index (χ2v) is 6.77. The summed E-state index contributed by atoms with van der Waals surface area (Å²) in [6.07, 6.45) is 1.49. The number of carbonyl (C=O) groups excluding carboxylic acids is 1. The van der Waals surface area contributed by atoms with Crippen molar-refractivity contribution >= 4 is 21.6 Å². The van der Waals surface area contributed by atoms with E-state index in [1.165, 1.54) is 12.1 Å². The Bertz CT molecular complexity index is 650. The molecular weight excluding hydrogens is 268 g/mol. The molecule has 1 aliphatic carbocycles. The highest BCUT2D eigenvalue weighted by molar-refractivity contribution is 7.89. The van der Waals surface area contributed by atoms with E-state index in [0.29, 0.717) is 24.1 Å². The van der Waals surface area contributed by atoms with Crippen LogP contribution in [0.5, 0.6) is 0 Å². The Balaban J connectivity index is 1.90. The van der Waals surface area contributed by atoms with E-state index in [0.717, 1.165) is 0 Å². The molecule has 1 saturated carbocycles. The zero-order valence-corrected chi connectivity index (χ0v) is 11.0. The molecule has 1 amide bonds. The van der Waals surface area contributed by atoms with Gasteiger partial charge in [-0.15, -0.1) is 0 Å². The molecule has 3 rings (SSSR count). The van der Waals surface area contributed by atoms with Gasteiger partial charge in [-0.05, 0) is 36.6 Å². The van der Waals surface area contributed by atoms with Gasteiger partial charge in [-0.3, -0.25) is 4.79 Å². The van der Waals surface area contributed by atoms with Crippen LogP contribution in [0.2, 0.25) is 0 Å². The number of aliphatic hydroxyl groups is 1. The van der Waals surface area contributed by atoms with E-state index in [4.69, 9.17) is 0 Å². The predicted octanol–water partition coefficient (Wildman–Crippen LogP) is -0.0156. The number of aliphatic hydroxyl groups excluding tert-OH is 1. The van der Waals surface area contributed by atoms with E-state index in [9.17, 15) is 18.3 Å². The molecule has 0 saturated heterocycles. The van der Waals surface area contributed by atoms with E-state index in [1.54, 1.807) is 6.07 Å². The fourth-order valence-corrected chi connectivity index (χ4v) is 3.66. The van der Waals surface area contributed by atoms with Crippen LogP contribution in [0.4, 0.5) is 5.69 Å². The van der Waals surface area contributed by atoms with Gasteiger partial charge in [0.15, 0.2) is 0 Å². The van der Waals surface area contributed by atoms with Gasteiger partial charge in [-0.1, -0.05) is 0 Å². The van der Waals surface area contributed by atoms with Gasteiger partial charge in [0.2, 0.25) is 15.9 Å². The average Bonchev–Trinajstić information content (AvgIpc) is 3.00. The van der Waals surface area contributed by atoms with Crippen molar-refractivity contribution in [3.05, 3.63) is 23.8 Å². The van der Waals surface area contributed by atoms with Gasteiger partial charge in [0, 0.05) is 5.69 Å². The van der Waals surface area contributed by atoms with Crippen LogP contribution in [0.15, 0.2) is 23.1 Å². The summed E-state index contributed by atoms with van der Waals surface area (Å²) in [6.45, 7) is -0.197. The molecule has 2 aliphatic rings. The molecule has 0 atom stereocenters. The maximum Gasteiger partial charge on any atom is 0.241 e. The lowest BCUT2D eigenvalue weighted by Crippen LogP contribution is -2.39. The third-order valence-electron chi connectivity index (χ3n) is 3.52. The number of benzene rings is 1. The molecule has 19 heavy (non-hydrogen) atoms. The number of nitrogens with one attached hydrogen (secondary N) is 2. The molecule has 1 aliphatic heterocycles. The SMILES string of the molecule is O=C1Cc2cc(S(=O)(=O)NC3(CO)CC3)ccc2N1. The van der Waals surface area contributed by atoms with Crippen molar-refractivity contribution < 1.29 is 18.3 Å². The Morgan fingerprint density at radius 1 is 1.37 bits per heavy atom. The summed E-state index contributed by atoms with van der Waals surface area (Å²) < 4.78 is 26.9. The first kappa shape index (κ1) is 12.6. The predicted molar refractivity (Wildman–Crippen MR) is 68.1 cm³/mol. The molecule has 1 fully saturated rings. The second kappa shape index (κ2) is 4.03. The molecular formula is C12H14N2O4S. The van der Waals surface area contributed by atoms with Crippen molar-refractivity contribution in [1.82, 2.24) is 4.72 Å². The second-order valence-electron chi connectivity index (χ2n) is 5.09. The molecule has 6 nitrogen and oxygen atoms in total. The molecule has 1 heterocycles. The van der Waals surface area contributed by atoms with Crippen LogP contribution in [0.25, 0.3) is 0 Å². The smallest absolute Gasteiger partial charge is 0.241 e. The minimum absolute atomic E-state index is 0.127. The number of sulfonamides is 1. The zero-order chi connectivity index (χ0) is 13.7. The molecule has 0 spiro atoms. The Labute approximate surface area is 110 Å². The first-order valence-corrected chi connectivity index (χ1v) is 7.50. The van der Waals surface area contributed by atoms with Crippen LogP contribution < -0.4 is 10.0 Å². The monoisotopic (exact) mass is 282 g/mol. The molecule has 7 heteroatoms. The van der Waals surface area contributed by atoms with Crippen molar-refractivity contribution in [2.75, 3.05) is 11.9 Å². The van der Waals surface area contributed by atoms with Gasteiger partial charge >= 0.3 is 0 Å². The Morgan fingerprint density at radius 3 is 2.74 bits per heavy atom. The zero-order valence-electron chi connectivity index (χ0n) is 10.1. The lowest BCUT2D eigenvalue weighted by Gasteiger charge is -2.15. The van der Waals surface area contributed by atoms with Crippen molar-refractivity contribution in [2.24, 2.45) is 0 Å². The van der Waals surface area contributed by atoms with Gasteiger partial charge < -0.3 is 10.4 Å². The van der Waals surface area contributed by atoms with Gasteiger partial charge in [0.1, 0.15) is 0 Å². The topological polar surface area (TPSA) is 95.5 Å². The number of hydrogen-bond donors (Lipinski definition) is 3. The Kier molecular flexibility index (Phi) is 2.67. The van der Waals surface area contributed by atoms with Gasteiger partial charge in [0.05, 0.1) is 23.5 Å². The first-order valence-electron chi connectivity index (χ1n) is 6.02. The van der Waals surface area contributed by atoms with Crippen molar-refractivity contribution in [2.45, 2.75) is 29.7 Å². The average molecular weight is 282 g/mol. The highest BCUT2D eigenvalue weighted by atomic mass is 32.2. The van der Waals surface area contributed by atoms with Crippen LogP contribution >= 0.6 is 0 Å². The summed E-state index contributed by atoms with van der Waals surface area (Å²) in [5, 5.41) is 11.8. The van der Waals surface area contributed by atoms with Gasteiger partial charge in [-0.25, -0.2) is 13.1 Å². The standard InChI is InChI=1S/C12H14N2O4S/c15-7-12(3-4-12)14-19(17,18)9-1-2-10-8(5-9)6-11(16)13-10/h1-2,5,14-15H,3-4,6-7H2,(H,13,16). The number of hydrogen-bond acceptors (Lipinski definition) is 4. The maximum absolute atomic E-state index is 12.2. The minimum Gasteiger partial charge on any atom is -0.394 e. The number of fused-ring (bicyclic) bond motifs is 1. The molecule has 0 radical (unpaired) electrons. The quantitative estimate of drug-likeness (QED) is 0.723. The van der Waals surface area contributed by atoms with E-state index in [-0.39, 0.29) is 23.8 Å². The number of carbonyl (C=O) groups is 1. The molecule has 0 bridgehead atoms. The fourth-order valence-electron chi connectivity index (χ4n) is 2.16. The Hall–Kier alpha value is -1.44. The normalized spacial score (nSPS) is 19.9. The highest BCUT2D eigenvalue weighted by Gasteiger charge is 2.45. The van der Waals surface area contributed by atoms with Crippen molar-refractivity contribution in [3.63, 3.8) is 0 Å². The first-order chi connectivity index (χ1) is 8.94. The van der Waals surface area contributed by atoms with E-state index in [1.807, 2.05) is 0 Å². The van der Waals surface area contributed by atoms with Crippen molar-refractivity contribution in [3.8, 4) is 0 Å². The van der Waals surface area contributed by atoms with Crippen molar-refractivity contribution in [1.29, 1.82) is 0 Å². The van der Waals surface area contributed by atoms with Gasteiger partial charge in [0.25, 0.3) is 0 Å². The van der Waals surface area contributed by atoms with Gasteiger partial charge in [-0.2, -0.15) is 0 Å². The lowest BCUT2D eigenvalue weighted by atomic mass is 10.2. The summed E-state index contributed by atoms with van der Waals surface area (Å²) in [4.78, 5) is 11.4. The lowest BCUT2D eigenvalue weighted by molar-refractivity contribution is -0.115. The largest absolute Gasteiger partial charge is 0.394 e. The van der Waals surface area contributed by atoms with Crippen LogP contribution in [-0.2, 0) is 21.2 Å². The number of rotatable bonds is 4. The number of amides is 1. The summed E-state index contributed by atoms with van der Waals surface area (Å²) in [5.74, 6) is -0.133. The third kappa shape index (κ3) is 2.24. The fraction of sp³-hybridized carbons (Fsp3) is 0.417. The van der Waals surface area contributed by atoms with E-state index >= 15 is 0 Å². The molecule has 3 N–H and O–H groups in total. The van der Waals surface area contributed by atoms with Crippen LogP contribution in [0.3, 0.4) is 0 Å². The molecule has 102 valence electrons. The summed E-state index contributed by atoms with van der Waals surface area (Å²) >= 11 is 0. The molecule has 1 aromatic carbocycles. The summed E-state index contributed by atoms with van der Waals surface area (Å²) in [5.41, 5.74) is 0.653. The van der Waals surface area contributed by atoms with Crippen LogP contribution in [-0.4, -0.2) is 31.6 Å². The third-order valence-corrected chi connectivity index (χ3v) is 5.10. The summed E-state index contributed by atoms with van der Waals surface area (Å²) in [7, 11) is -3.66. The highest BCUT2D eigenvalue weighted by Crippen LogP contribution is 2.36. The molecule has 1 aromatic rings. The Morgan fingerprint density at radius 2 is 2.11 bits per heavy atom. The number of anilines is 1. The maximum atomic E-state index is 12.2. The van der Waals surface area contributed by atoms with Crippen LogP contribution in [0, 0.1) is 0 Å². The minimum atomic E-state index is -3.66. The summed E-state index contributed by atoms with van der Waals surface area (Å²) in [6, 6.07) is 4.55. The molecule has 0 aromatic heterocycles. The molecule has 0 unspecified atom stereocenters. The van der Waals surface area contributed by atoms with E-state index < -0.39 is 15.6 Å². The van der Waals surface area contributed by atoms with E-state index in [2.05, 4.69) is 10.0 Å².